The molecule has 1 aliphatic carbocycles. The van der Waals surface area contributed by atoms with Gasteiger partial charge in [0.05, 0.1) is 43.2 Å². The third kappa shape index (κ3) is 6.71. The Morgan fingerprint density at radius 1 is 0.732 bits per heavy atom. The molecule has 0 aromatic rings. The first kappa shape index (κ1) is 33.2. The molecule has 4 fully saturated rings. The molecular formula is C24H48N6O11. The zero-order chi connectivity index (χ0) is 30.2. The lowest BCUT2D eigenvalue weighted by molar-refractivity contribution is -0.280. The monoisotopic (exact) mass is 596 g/mol. The van der Waals surface area contributed by atoms with Crippen molar-refractivity contribution in [3.05, 3.63) is 0 Å². The standard InChI is InChI=1S/C24H48N6O11/c25-4-10(32)11-2-1-7(27)20(37-11)14-8(28)3-9(29)16(33)22(14)41-24-19(36)21(13(6-31)39-24)40-23-15(30)18(35)17(34)12(5-26)38-23/h7-24,31-36H,1-6,25-30H2/t7-,8+,9-,10+,11+,12+,13-,14+,15-,16+,17-,18-,19-,20?,21-,22+,23-,24+/m1/s1. The molecule has 0 radical (unpaired) electrons. The Bertz CT molecular complexity index is 837. The Labute approximate surface area is 237 Å². The van der Waals surface area contributed by atoms with Gasteiger partial charge in [-0.3, -0.25) is 0 Å². The second-order valence-corrected chi connectivity index (χ2v) is 11.6. The summed E-state index contributed by atoms with van der Waals surface area (Å²) in [4.78, 5) is 0. The normalized spacial score (nSPS) is 52.0. The summed E-state index contributed by atoms with van der Waals surface area (Å²) in [6, 6.07) is -3.11. The summed E-state index contributed by atoms with van der Waals surface area (Å²) in [5.74, 6) is -0.715. The summed E-state index contributed by atoms with van der Waals surface area (Å²) < 4.78 is 29.5. The van der Waals surface area contributed by atoms with E-state index in [2.05, 4.69) is 0 Å². The lowest BCUT2D eigenvalue weighted by atomic mass is 9.72. The van der Waals surface area contributed by atoms with Gasteiger partial charge >= 0.3 is 0 Å². The van der Waals surface area contributed by atoms with Crippen molar-refractivity contribution in [2.24, 2.45) is 40.3 Å². The highest BCUT2D eigenvalue weighted by molar-refractivity contribution is 5.05. The van der Waals surface area contributed by atoms with Crippen LogP contribution in [0.4, 0.5) is 0 Å². The van der Waals surface area contributed by atoms with Crippen LogP contribution >= 0.6 is 0 Å². The van der Waals surface area contributed by atoms with Gasteiger partial charge in [-0.2, -0.15) is 0 Å². The molecular weight excluding hydrogens is 548 g/mol. The van der Waals surface area contributed by atoms with Crippen molar-refractivity contribution in [2.75, 3.05) is 19.7 Å². The lowest BCUT2D eigenvalue weighted by Gasteiger charge is -2.50. The van der Waals surface area contributed by atoms with Crippen molar-refractivity contribution < 1.29 is 54.3 Å². The van der Waals surface area contributed by atoms with Gasteiger partial charge < -0.3 is 88.7 Å². The highest BCUT2D eigenvalue weighted by Gasteiger charge is 2.55. The van der Waals surface area contributed by atoms with Gasteiger partial charge in [-0.1, -0.05) is 0 Å². The molecule has 4 rings (SSSR count). The molecule has 240 valence electrons. The molecule has 18 N–H and O–H groups in total. The predicted octanol–water partition coefficient (Wildman–Crippen LogP) is -7.20. The molecule has 3 aliphatic heterocycles. The van der Waals surface area contributed by atoms with E-state index >= 15 is 0 Å². The first-order valence-corrected chi connectivity index (χ1v) is 14.1. The number of aliphatic hydroxyl groups excluding tert-OH is 6. The van der Waals surface area contributed by atoms with Crippen LogP contribution in [0.5, 0.6) is 0 Å². The van der Waals surface area contributed by atoms with Crippen LogP contribution in [0.3, 0.4) is 0 Å². The number of rotatable bonds is 9. The number of hydrogen-bond donors (Lipinski definition) is 12. The van der Waals surface area contributed by atoms with Crippen LogP contribution in [0.1, 0.15) is 19.3 Å². The fourth-order valence-corrected chi connectivity index (χ4v) is 6.34. The third-order valence-corrected chi connectivity index (χ3v) is 8.82. The van der Waals surface area contributed by atoms with Crippen LogP contribution < -0.4 is 34.4 Å². The fourth-order valence-electron chi connectivity index (χ4n) is 6.34. The van der Waals surface area contributed by atoms with E-state index in [1.165, 1.54) is 0 Å². The molecule has 0 amide bonds. The van der Waals surface area contributed by atoms with Gasteiger partial charge in [0, 0.05) is 37.1 Å². The van der Waals surface area contributed by atoms with E-state index in [-0.39, 0.29) is 19.5 Å². The average Bonchev–Trinajstić information content (AvgIpc) is 3.25. The zero-order valence-electron chi connectivity index (χ0n) is 22.8. The van der Waals surface area contributed by atoms with E-state index in [1.54, 1.807) is 0 Å². The van der Waals surface area contributed by atoms with Crippen LogP contribution in [-0.2, 0) is 23.7 Å². The molecule has 17 nitrogen and oxygen atoms in total. The number of ether oxygens (including phenoxy) is 5. The smallest absolute Gasteiger partial charge is 0.187 e. The molecule has 0 aromatic heterocycles. The van der Waals surface area contributed by atoms with Crippen LogP contribution in [0.2, 0.25) is 0 Å². The molecule has 3 saturated heterocycles. The van der Waals surface area contributed by atoms with Crippen molar-refractivity contribution in [1.82, 2.24) is 0 Å². The van der Waals surface area contributed by atoms with Gasteiger partial charge in [-0.15, -0.1) is 0 Å². The van der Waals surface area contributed by atoms with E-state index < -0.39 is 116 Å². The fraction of sp³-hybridized carbons (Fsp3) is 1.00. The Hall–Kier alpha value is -0.680. The maximum absolute atomic E-state index is 11.2. The molecule has 4 aliphatic rings. The minimum absolute atomic E-state index is 0.0147. The van der Waals surface area contributed by atoms with Crippen molar-refractivity contribution in [3.8, 4) is 0 Å². The number of hydrogen-bond acceptors (Lipinski definition) is 17. The summed E-state index contributed by atoms with van der Waals surface area (Å²) in [5, 5.41) is 63.0. The van der Waals surface area contributed by atoms with Crippen molar-refractivity contribution >= 4 is 0 Å². The summed E-state index contributed by atoms with van der Waals surface area (Å²) in [7, 11) is 0. The van der Waals surface area contributed by atoms with Crippen LogP contribution in [0.15, 0.2) is 0 Å². The summed E-state index contributed by atoms with van der Waals surface area (Å²) in [5.41, 5.74) is 36.3. The maximum atomic E-state index is 11.2. The van der Waals surface area contributed by atoms with Crippen LogP contribution in [-0.4, -0.2) is 154 Å². The summed E-state index contributed by atoms with van der Waals surface area (Å²) >= 11 is 0. The van der Waals surface area contributed by atoms with Gasteiger partial charge in [0.1, 0.15) is 36.6 Å². The van der Waals surface area contributed by atoms with E-state index in [0.29, 0.717) is 12.8 Å². The van der Waals surface area contributed by atoms with Gasteiger partial charge in [-0.25, -0.2) is 0 Å². The Kier molecular flexibility index (Phi) is 11.3. The predicted molar refractivity (Wildman–Crippen MR) is 140 cm³/mol. The molecule has 0 spiro atoms. The Balaban J connectivity index is 1.52. The van der Waals surface area contributed by atoms with Crippen LogP contribution in [0.25, 0.3) is 0 Å². The molecule has 1 unspecified atom stereocenters. The minimum atomic E-state index is -1.53. The highest BCUT2D eigenvalue weighted by atomic mass is 16.7. The van der Waals surface area contributed by atoms with E-state index in [4.69, 9.17) is 58.1 Å². The summed E-state index contributed by atoms with van der Waals surface area (Å²) in [6.45, 7) is -0.751. The molecule has 0 bridgehead atoms. The number of nitrogens with two attached hydrogens (primary N) is 6. The minimum Gasteiger partial charge on any atom is -0.394 e. The average molecular weight is 597 g/mol. The van der Waals surface area contributed by atoms with E-state index in [0.717, 1.165) is 0 Å². The van der Waals surface area contributed by atoms with E-state index in [1.807, 2.05) is 0 Å². The first-order valence-electron chi connectivity index (χ1n) is 14.1. The molecule has 1 saturated carbocycles. The van der Waals surface area contributed by atoms with Gasteiger partial charge in [0.2, 0.25) is 0 Å². The number of aliphatic hydroxyl groups is 6. The molecule has 0 aromatic carbocycles. The highest BCUT2D eigenvalue weighted by Crippen LogP contribution is 2.38. The van der Waals surface area contributed by atoms with Gasteiger partial charge in [0.15, 0.2) is 12.6 Å². The zero-order valence-corrected chi connectivity index (χ0v) is 22.8. The van der Waals surface area contributed by atoms with E-state index in [9.17, 15) is 30.6 Å². The topological polar surface area (TPSA) is 324 Å². The van der Waals surface area contributed by atoms with Gasteiger partial charge in [-0.05, 0) is 19.3 Å². The third-order valence-electron chi connectivity index (χ3n) is 8.82. The molecule has 18 atom stereocenters. The van der Waals surface area contributed by atoms with Crippen molar-refractivity contribution in [2.45, 2.75) is 123 Å². The SMILES string of the molecule is NC[C@@H]1O[C@H](O[C@H]2[C@@H](O)[C@H](O[C@@H]3[C@@H](O)[C@H](N)C[C@H](N)[C@H]3C3O[C@H]([C@@H](O)CN)CC[C@H]3N)O[C@@H]2CO)[C@H](N)[C@@H](O)[C@@H]1O. The first-order chi connectivity index (χ1) is 19.4. The van der Waals surface area contributed by atoms with Crippen LogP contribution in [0, 0.1) is 5.92 Å². The lowest BCUT2D eigenvalue weighted by Crippen LogP contribution is -2.67. The Morgan fingerprint density at radius 2 is 1.39 bits per heavy atom. The second-order valence-electron chi connectivity index (χ2n) is 11.6. The molecule has 3 heterocycles. The van der Waals surface area contributed by atoms with Gasteiger partial charge in [0.25, 0.3) is 0 Å². The summed E-state index contributed by atoms with van der Waals surface area (Å²) in [6.07, 6.45) is -13.8. The quantitative estimate of drug-likeness (QED) is 0.117. The molecule has 41 heavy (non-hydrogen) atoms. The molecule has 17 heteroatoms. The Morgan fingerprint density at radius 3 is 2.02 bits per heavy atom. The second kappa shape index (κ2) is 14.0. The largest absolute Gasteiger partial charge is 0.394 e. The maximum Gasteiger partial charge on any atom is 0.187 e. The van der Waals surface area contributed by atoms with Crippen molar-refractivity contribution in [3.63, 3.8) is 0 Å². The van der Waals surface area contributed by atoms with Crippen molar-refractivity contribution in [1.29, 1.82) is 0 Å².